The van der Waals surface area contributed by atoms with Crippen molar-refractivity contribution < 1.29 is 82.0 Å². The average Bonchev–Trinajstić information content (AvgIpc) is 3.24. The molecule has 0 aromatic carbocycles. The number of ether oxygens (including phenoxy) is 2. The van der Waals surface area contributed by atoms with Crippen LogP contribution >= 0.6 is 15.6 Å². The van der Waals surface area contributed by atoms with E-state index in [4.69, 9.17) is 28.3 Å². The molecule has 0 aromatic heterocycles. The Morgan fingerprint density at radius 1 is 0.578 bits per heavy atom. The third kappa shape index (κ3) is 30.3. The van der Waals surface area contributed by atoms with Crippen molar-refractivity contribution in [1.82, 2.24) is 0 Å². The topological polar surface area (TPSA) is 276 Å². The monoisotopic (exact) mass is 954 g/mol. The molecule has 0 aromatic rings. The smallest absolute Gasteiger partial charge is 0.462 e. The van der Waals surface area contributed by atoms with Crippen molar-refractivity contribution in [2.75, 3.05) is 13.2 Å². The molecule has 0 heterocycles. The maximum absolute atomic E-state index is 13.0. The Morgan fingerprint density at radius 3 is 1.72 bits per heavy atom. The van der Waals surface area contributed by atoms with Crippen molar-refractivity contribution in [3.63, 3.8) is 0 Å². The predicted molar refractivity (Wildman–Crippen MR) is 243 cm³/mol. The molecule has 372 valence electrons. The largest absolute Gasteiger partial charge is 0.472 e. The second kappa shape index (κ2) is 36.0. The highest BCUT2D eigenvalue weighted by atomic mass is 31.2. The Kier molecular flexibility index (Phi) is 33.7. The Morgan fingerprint density at radius 2 is 1.11 bits per heavy atom. The number of esters is 2. The van der Waals surface area contributed by atoms with Gasteiger partial charge in [-0.1, -0.05) is 152 Å². The molecule has 17 nitrogen and oxygen atoms in total. The number of phosphoric ester groups is 2. The van der Waals surface area contributed by atoms with E-state index in [2.05, 4.69) is 24.4 Å². The van der Waals surface area contributed by atoms with Crippen LogP contribution in [0.2, 0.25) is 0 Å². The SMILES string of the molecule is CCCCC/C=C\C=C/[C@@H](O)C/C=C\C/C=C/CCCC(=O)OC[C@H](COP(=O)(O)O[C@H]1C(O)C(O)C(O)[C@@H](OP(=O)(O)O)C1O)OC(=O)CCCCCCCCCCCCCCC. The van der Waals surface area contributed by atoms with Gasteiger partial charge in [0.15, 0.2) is 6.10 Å². The first kappa shape index (κ1) is 59.9. The number of allylic oxidation sites excluding steroid dienone is 6. The molecule has 9 atom stereocenters. The molecule has 5 unspecified atom stereocenters. The molecule has 1 aliphatic carbocycles. The van der Waals surface area contributed by atoms with Crippen molar-refractivity contribution in [1.29, 1.82) is 0 Å². The Bertz CT molecular complexity index is 1450. The highest BCUT2D eigenvalue weighted by Gasteiger charge is 2.54. The number of rotatable bonds is 38. The first-order valence-corrected chi connectivity index (χ1v) is 26.3. The summed E-state index contributed by atoms with van der Waals surface area (Å²) in [5.41, 5.74) is 0. The van der Waals surface area contributed by atoms with Gasteiger partial charge in [-0.2, -0.15) is 0 Å². The number of aliphatic hydroxyl groups excluding tert-OH is 5. The summed E-state index contributed by atoms with van der Waals surface area (Å²) in [6.45, 7) is 2.95. The highest BCUT2D eigenvalue weighted by Crippen LogP contribution is 2.49. The minimum atomic E-state index is -5.37. The number of hydrogen-bond donors (Lipinski definition) is 8. The number of carbonyl (C=O) groups is 2. The normalized spacial score (nSPS) is 22.7. The first-order chi connectivity index (χ1) is 30.5. The molecule has 8 N–H and O–H groups in total. The summed E-state index contributed by atoms with van der Waals surface area (Å²) in [7, 11) is -10.7. The highest BCUT2D eigenvalue weighted by molar-refractivity contribution is 7.47. The van der Waals surface area contributed by atoms with E-state index in [1.807, 2.05) is 36.5 Å². The molecule has 0 radical (unpaired) electrons. The van der Waals surface area contributed by atoms with E-state index in [9.17, 15) is 49.1 Å². The van der Waals surface area contributed by atoms with Gasteiger partial charge in [0.25, 0.3) is 0 Å². The summed E-state index contributed by atoms with van der Waals surface area (Å²) < 4.78 is 49.2. The number of phosphoric acid groups is 2. The Balaban J connectivity index is 2.66. The minimum Gasteiger partial charge on any atom is -0.462 e. The van der Waals surface area contributed by atoms with Crippen LogP contribution in [-0.4, -0.2) is 114 Å². The van der Waals surface area contributed by atoms with Crippen molar-refractivity contribution in [3.05, 3.63) is 48.6 Å². The zero-order chi connectivity index (χ0) is 47.6. The van der Waals surface area contributed by atoms with Gasteiger partial charge in [-0.25, -0.2) is 9.13 Å². The van der Waals surface area contributed by atoms with Crippen LogP contribution in [0.1, 0.15) is 162 Å². The number of unbranched alkanes of at least 4 members (excludes halogenated alkanes) is 16. The van der Waals surface area contributed by atoms with Gasteiger partial charge >= 0.3 is 27.6 Å². The van der Waals surface area contributed by atoms with Crippen molar-refractivity contribution in [3.8, 4) is 0 Å². The van der Waals surface area contributed by atoms with E-state index in [1.54, 1.807) is 6.08 Å². The van der Waals surface area contributed by atoms with Gasteiger partial charge in [-0.3, -0.25) is 23.2 Å². The quantitative estimate of drug-likeness (QED) is 0.00979. The maximum atomic E-state index is 13.0. The molecule has 64 heavy (non-hydrogen) atoms. The third-order valence-corrected chi connectivity index (χ3v) is 12.0. The third-order valence-electron chi connectivity index (χ3n) is 10.5. The molecule has 0 aliphatic heterocycles. The van der Waals surface area contributed by atoms with Crippen LogP contribution in [0.4, 0.5) is 0 Å². The molecule has 1 rings (SSSR count). The van der Waals surface area contributed by atoms with E-state index in [0.717, 1.165) is 38.5 Å². The van der Waals surface area contributed by atoms with E-state index in [-0.39, 0.29) is 12.8 Å². The summed E-state index contributed by atoms with van der Waals surface area (Å²) in [5, 5.41) is 51.3. The van der Waals surface area contributed by atoms with Crippen LogP contribution in [0.3, 0.4) is 0 Å². The Labute approximate surface area is 380 Å². The van der Waals surface area contributed by atoms with Gasteiger partial charge in [-0.05, 0) is 44.9 Å². The van der Waals surface area contributed by atoms with Crippen LogP contribution in [0.25, 0.3) is 0 Å². The lowest BCUT2D eigenvalue weighted by Gasteiger charge is -2.43. The van der Waals surface area contributed by atoms with Crippen molar-refractivity contribution >= 4 is 27.6 Å². The molecule has 1 fully saturated rings. The fourth-order valence-corrected chi connectivity index (χ4v) is 8.34. The Hall–Kier alpha value is -2.08. The second-order valence-corrected chi connectivity index (χ2v) is 18.9. The van der Waals surface area contributed by atoms with E-state index >= 15 is 0 Å². The van der Waals surface area contributed by atoms with Gasteiger partial charge in [0, 0.05) is 12.8 Å². The summed E-state index contributed by atoms with van der Waals surface area (Å²) in [6, 6.07) is 0. The minimum absolute atomic E-state index is 0.0112. The lowest BCUT2D eigenvalue weighted by atomic mass is 9.85. The molecule has 1 saturated carbocycles. The summed E-state index contributed by atoms with van der Waals surface area (Å²) in [5.74, 6) is -1.31. The first-order valence-electron chi connectivity index (χ1n) is 23.3. The molecule has 19 heteroatoms. The van der Waals surface area contributed by atoms with Crippen molar-refractivity contribution in [2.24, 2.45) is 0 Å². The van der Waals surface area contributed by atoms with Gasteiger partial charge in [-0.15, -0.1) is 0 Å². The standard InChI is InChI=1S/C45H80O17P2/c1-3-5-7-9-11-12-13-14-15-16-20-25-29-33-39(48)60-37(35-59-64(56,57)62-45-42(51)40(49)41(50)44(43(45)52)61-63(53,54)55)34-58-38(47)32-28-24-21-17-19-23-27-31-36(46)30-26-22-18-10-8-6-4-2/h17-18,21-23,26-27,30,36-37,40-46,49-52H,3-16,19-20,24-25,28-29,31-35H2,1-2H3,(H,56,57)(H2,53,54,55)/b21-17+,22-18-,27-23-,30-26-/t36-,37-,40?,41?,42?,43?,44-,45+/m1/s1. The molecule has 0 saturated heterocycles. The molecule has 0 spiro atoms. The van der Waals surface area contributed by atoms with Gasteiger partial charge < -0.3 is 49.7 Å². The maximum Gasteiger partial charge on any atom is 0.472 e. The van der Waals surface area contributed by atoms with Crippen LogP contribution in [-0.2, 0) is 41.8 Å². The van der Waals surface area contributed by atoms with Crippen LogP contribution < -0.4 is 0 Å². The van der Waals surface area contributed by atoms with Crippen LogP contribution in [0, 0.1) is 0 Å². The number of carbonyl (C=O) groups excluding carboxylic acids is 2. The average molecular weight is 955 g/mol. The summed E-state index contributed by atoms with van der Waals surface area (Å²) >= 11 is 0. The summed E-state index contributed by atoms with van der Waals surface area (Å²) in [6.07, 6.45) is 21.0. The number of hydrogen-bond acceptors (Lipinski definition) is 14. The second-order valence-electron chi connectivity index (χ2n) is 16.3. The van der Waals surface area contributed by atoms with E-state index < -0.39 is 89.6 Å². The molecule has 1 aliphatic rings. The predicted octanol–water partition coefficient (Wildman–Crippen LogP) is 7.48. The summed E-state index contributed by atoms with van der Waals surface area (Å²) in [4.78, 5) is 54.2. The van der Waals surface area contributed by atoms with Gasteiger partial charge in [0.2, 0.25) is 0 Å². The number of aliphatic hydroxyl groups is 5. The zero-order valence-corrected chi connectivity index (χ0v) is 39.9. The lowest BCUT2D eigenvalue weighted by molar-refractivity contribution is -0.216. The molecular weight excluding hydrogens is 874 g/mol. The van der Waals surface area contributed by atoms with E-state index in [1.165, 1.54) is 64.2 Å². The zero-order valence-electron chi connectivity index (χ0n) is 38.1. The van der Waals surface area contributed by atoms with Gasteiger partial charge in [0.1, 0.15) is 43.2 Å². The fraction of sp³-hybridized carbons (Fsp3) is 0.778. The van der Waals surface area contributed by atoms with Crippen LogP contribution in [0.5, 0.6) is 0 Å². The van der Waals surface area contributed by atoms with Crippen molar-refractivity contribution in [2.45, 2.75) is 210 Å². The molecular formula is C45H80O17P2. The lowest BCUT2D eigenvalue weighted by Crippen LogP contribution is -2.64. The van der Waals surface area contributed by atoms with Crippen LogP contribution in [0.15, 0.2) is 48.6 Å². The van der Waals surface area contributed by atoms with E-state index in [0.29, 0.717) is 32.1 Å². The van der Waals surface area contributed by atoms with Gasteiger partial charge in [0.05, 0.1) is 12.7 Å². The molecule has 0 bridgehead atoms. The fourth-order valence-electron chi connectivity index (χ4n) is 6.80. The molecule has 0 amide bonds.